The van der Waals surface area contributed by atoms with Crippen LogP contribution in [0.4, 0.5) is 0 Å². The van der Waals surface area contributed by atoms with Gasteiger partial charge in [-0.05, 0) is 0 Å². The molecule has 3 rings (SSSR count). The van der Waals surface area contributed by atoms with Crippen LogP contribution in [0.15, 0.2) is 30.3 Å². The summed E-state index contributed by atoms with van der Waals surface area (Å²) < 4.78 is 24.6. The Morgan fingerprint density at radius 2 is 1.02 bits per heavy atom. The molecule has 41 heavy (non-hydrogen) atoms. The topological polar surface area (TPSA) is 83.1 Å². The average molecular weight is 594 g/mol. The van der Waals surface area contributed by atoms with Crippen molar-refractivity contribution in [3.05, 3.63) is 35.9 Å². The fourth-order valence-corrected chi connectivity index (χ4v) is 10.4. The van der Waals surface area contributed by atoms with E-state index in [2.05, 4.69) is 12.2 Å². The van der Waals surface area contributed by atoms with Crippen molar-refractivity contribution in [2.75, 3.05) is 6.54 Å². The second-order valence-electron chi connectivity index (χ2n) is 12.9. The first-order valence-electron chi connectivity index (χ1n) is 16.3. The van der Waals surface area contributed by atoms with E-state index in [0.717, 1.165) is 18.4 Å². The summed E-state index contributed by atoms with van der Waals surface area (Å²) >= 11 is 0. The Hall–Kier alpha value is -1.53. The molecule has 7 nitrogen and oxygen atoms in total. The molecule has 0 saturated carbocycles. The molecule has 2 fully saturated rings. The predicted octanol–water partition coefficient (Wildman–Crippen LogP) is 9.45. The van der Waals surface area contributed by atoms with Gasteiger partial charge in [-0.25, -0.2) is 0 Å². The Bertz CT molecular complexity index is 930. The first kappa shape index (κ1) is 34.0. The van der Waals surface area contributed by atoms with Gasteiger partial charge in [0.15, 0.2) is 0 Å². The van der Waals surface area contributed by atoms with Crippen molar-refractivity contribution in [2.45, 2.75) is 154 Å². The summed E-state index contributed by atoms with van der Waals surface area (Å²) in [4.78, 5) is 25.9. The van der Waals surface area contributed by atoms with Gasteiger partial charge < -0.3 is 0 Å². The summed E-state index contributed by atoms with van der Waals surface area (Å²) in [5, 5.41) is 3.52. The van der Waals surface area contributed by atoms with Crippen LogP contribution in [0.3, 0.4) is 0 Å². The Kier molecular flexibility index (Phi) is 12.7. The van der Waals surface area contributed by atoms with Gasteiger partial charge in [0.2, 0.25) is 0 Å². The van der Waals surface area contributed by atoms with E-state index < -0.39 is 36.4 Å². The van der Waals surface area contributed by atoms with Crippen molar-refractivity contribution >= 4 is 19.4 Å². The maximum atomic E-state index is 12.9. The van der Waals surface area contributed by atoms with Gasteiger partial charge in [0.25, 0.3) is 0 Å². The Morgan fingerprint density at radius 3 is 1.39 bits per heavy atom. The molecule has 1 spiro atoms. The van der Waals surface area contributed by atoms with E-state index in [0.29, 0.717) is 6.54 Å². The summed E-state index contributed by atoms with van der Waals surface area (Å²) in [7, 11) is -4.72. The third-order valence-electron chi connectivity index (χ3n) is 8.17. The number of benzene rings is 1. The molecule has 1 atom stereocenters. The number of carbonyl (C=O) groups is 2. The molecular formula is C33H56NO6P. The molecule has 0 aromatic heterocycles. The number of hydrogen-bond acceptors (Lipinski definition) is 7. The quantitative estimate of drug-likeness (QED) is 0.119. The van der Waals surface area contributed by atoms with Crippen LogP contribution in [0, 0.1) is 0 Å². The molecule has 1 aromatic rings. The van der Waals surface area contributed by atoms with E-state index >= 15 is 0 Å². The Morgan fingerprint density at radius 1 is 0.634 bits per heavy atom. The van der Waals surface area contributed by atoms with E-state index in [-0.39, 0.29) is 0 Å². The molecular weight excluding hydrogens is 537 g/mol. The SMILES string of the molecule is CCCCCCCCCCCCCCCCCCNC(c1ccccc1)P12(OC(=O)C(C)(C)O1)OC(=O)C(C)(C)O2. The number of hydrogen-bond donors (Lipinski definition) is 1. The van der Waals surface area contributed by atoms with Crippen molar-refractivity contribution < 1.29 is 27.7 Å². The number of unbranched alkanes of at least 4 members (excludes halogenated alkanes) is 15. The molecule has 1 aromatic carbocycles. The van der Waals surface area contributed by atoms with Crippen LogP contribution in [-0.4, -0.2) is 29.7 Å². The van der Waals surface area contributed by atoms with Gasteiger partial charge in [-0.2, -0.15) is 0 Å². The minimum atomic E-state index is -4.72. The zero-order valence-electron chi connectivity index (χ0n) is 26.4. The standard InChI is InChI=1S/C33H56NO6P/c1-6-7-8-9-10-11-12-13-14-15-16-17-18-19-20-24-27-34-29(28-25-22-21-23-26-28)41(37-30(35)32(2,3)39-41)38-31(36)33(4,5)40-41/h21-23,25-26,29,34H,6-20,24,27H2,1-5H3. The van der Waals surface area contributed by atoms with Gasteiger partial charge in [-0.1, -0.05) is 51.9 Å². The molecule has 0 radical (unpaired) electrons. The second kappa shape index (κ2) is 15.3. The molecule has 0 aliphatic carbocycles. The first-order valence-corrected chi connectivity index (χ1v) is 18.2. The third-order valence-corrected chi connectivity index (χ3v) is 12.1. The Balaban J connectivity index is 1.43. The van der Waals surface area contributed by atoms with Crippen LogP contribution in [0.25, 0.3) is 0 Å². The van der Waals surface area contributed by atoms with E-state index in [1.54, 1.807) is 27.7 Å². The minimum absolute atomic E-state index is 0.592. The molecule has 2 saturated heterocycles. The van der Waals surface area contributed by atoms with Crippen molar-refractivity contribution in [2.24, 2.45) is 0 Å². The molecule has 8 heteroatoms. The van der Waals surface area contributed by atoms with Gasteiger partial charge in [0, 0.05) is 0 Å². The van der Waals surface area contributed by atoms with E-state index in [4.69, 9.17) is 18.1 Å². The van der Waals surface area contributed by atoms with Gasteiger partial charge in [-0.15, -0.1) is 0 Å². The number of carbonyl (C=O) groups excluding carboxylic acids is 2. The predicted molar refractivity (Wildman–Crippen MR) is 166 cm³/mol. The van der Waals surface area contributed by atoms with Crippen LogP contribution in [0.1, 0.15) is 149 Å². The third kappa shape index (κ3) is 8.98. The van der Waals surface area contributed by atoms with Gasteiger partial charge in [-0.3, -0.25) is 0 Å². The van der Waals surface area contributed by atoms with Crippen molar-refractivity contribution in [1.82, 2.24) is 5.32 Å². The average Bonchev–Trinajstić information content (AvgIpc) is 3.25. The van der Waals surface area contributed by atoms with E-state index in [1.165, 1.54) is 89.9 Å². The molecule has 1 N–H and O–H groups in total. The second-order valence-corrected chi connectivity index (χ2v) is 15.9. The van der Waals surface area contributed by atoms with Crippen molar-refractivity contribution in [3.63, 3.8) is 0 Å². The van der Waals surface area contributed by atoms with Crippen LogP contribution in [0.2, 0.25) is 0 Å². The monoisotopic (exact) mass is 593 g/mol. The summed E-state index contributed by atoms with van der Waals surface area (Å²) in [5.74, 6) is -1.92. The van der Waals surface area contributed by atoms with E-state index in [9.17, 15) is 9.59 Å². The molecule has 0 bridgehead atoms. The summed E-state index contributed by atoms with van der Waals surface area (Å²) in [5.41, 5.74) is -1.82. The van der Waals surface area contributed by atoms with Gasteiger partial charge in [0.05, 0.1) is 0 Å². The fraction of sp³-hybridized carbons (Fsp3) is 0.758. The summed E-state index contributed by atoms with van der Waals surface area (Å²) in [6, 6.07) is 9.55. The fourth-order valence-electron chi connectivity index (χ4n) is 5.80. The molecule has 0 amide bonds. The molecule has 2 aliphatic heterocycles. The molecule has 1 unspecified atom stereocenters. The van der Waals surface area contributed by atoms with Crippen LogP contribution < -0.4 is 5.32 Å². The molecule has 2 heterocycles. The number of nitrogens with one attached hydrogen (secondary N) is 1. The van der Waals surface area contributed by atoms with Gasteiger partial charge in [0.1, 0.15) is 0 Å². The summed E-state index contributed by atoms with van der Waals surface area (Å²) in [6.07, 6.45) is 21.0. The molecule has 2 aliphatic rings. The zero-order valence-corrected chi connectivity index (χ0v) is 27.3. The maximum absolute atomic E-state index is 12.9. The van der Waals surface area contributed by atoms with Crippen LogP contribution >= 0.6 is 7.51 Å². The van der Waals surface area contributed by atoms with Gasteiger partial charge >= 0.3 is 197 Å². The van der Waals surface area contributed by atoms with Crippen LogP contribution in [-0.2, 0) is 27.7 Å². The molecule has 234 valence electrons. The van der Waals surface area contributed by atoms with Crippen LogP contribution in [0.5, 0.6) is 0 Å². The van der Waals surface area contributed by atoms with Crippen molar-refractivity contribution in [1.29, 1.82) is 0 Å². The zero-order chi connectivity index (χ0) is 29.8. The Labute approximate surface area is 249 Å². The van der Waals surface area contributed by atoms with Crippen molar-refractivity contribution in [3.8, 4) is 0 Å². The summed E-state index contributed by atoms with van der Waals surface area (Å²) in [6.45, 7) is 9.41. The normalized spacial score (nSPS) is 21.7. The van der Waals surface area contributed by atoms with E-state index in [1.807, 2.05) is 30.3 Å². The number of rotatable bonds is 20. The first-order chi connectivity index (χ1) is 19.5.